The molecule has 0 aliphatic heterocycles. The monoisotopic (exact) mass is 272 g/mol. The molecule has 6 heteroatoms. The van der Waals surface area contributed by atoms with Crippen molar-refractivity contribution in [1.82, 2.24) is 4.98 Å². The standard InChI is InChI=1S/C12H6ClF3NO/c13-10-6-8(9-2-1-5-17-7-9)3-4-11(10)18-12(14,15)16/h1-4,6-7H. The van der Waals surface area contributed by atoms with E-state index in [0.29, 0.717) is 5.56 Å². The van der Waals surface area contributed by atoms with Gasteiger partial charge in [-0.15, -0.1) is 13.2 Å². The summed E-state index contributed by atoms with van der Waals surface area (Å²) in [5.74, 6) is -0.427. The number of ether oxygens (including phenoxy) is 1. The number of rotatable bonds is 2. The molecule has 18 heavy (non-hydrogen) atoms. The van der Waals surface area contributed by atoms with Gasteiger partial charge in [-0.3, -0.25) is 4.98 Å². The van der Waals surface area contributed by atoms with E-state index in [1.54, 1.807) is 12.1 Å². The number of aromatic nitrogens is 1. The molecule has 0 unspecified atom stereocenters. The molecule has 1 radical (unpaired) electrons. The lowest BCUT2D eigenvalue weighted by atomic mass is 10.1. The lowest BCUT2D eigenvalue weighted by Gasteiger charge is -2.11. The first-order chi connectivity index (χ1) is 8.46. The van der Waals surface area contributed by atoms with Crippen LogP contribution in [-0.2, 0) is 0 Å². The molecule has 0 saturated carbocycles. The van der Waals surface area contributed by atoms with Crippen molar-refractivity contribution in [3.63, 3.8) is 0 Å². The van der Waals surface area contributed by atoms with Crippen LogP contribution in [0.4, 0.5) is 13.2 Å². The molecule has 1 aromatic carbocycles. The summed E-state index contributed by atoms with van der Waals surface area (Å²) in [6.45, 7) is 0. The normalized spacial score (nSPS) is 11.3. The number of benzene rings is 1. The number of alkyl halides is 3. The minimum atomic E-state index is -4.76. The first-order valence-corrected chi connectivity index (χ1v) is 5.21. The molecule has 2 rings (SSSR count). The van der Waals surface area contributed by atoms with Crippen molar-refractivity contribution in [3.05, 3.63) is 47.7 Å². The van der Waals surface area contributed by atoms with E-state index in [4.69, 9.17) is 11.6 Å². The van der Waals surface area contributed by atoms with E-state index in [9.17, 15) is 13.2 Å². The van der Waals surface area contributed by atoms with Crippen molar-refractivity contribution >= 4 is 11.6 Å². The van der Waals surface area contributed by atoms with E-state index in [1.807, 2.05) is 0 Å². The van der Waals surface area contributed by atoms with Crippen molar-refractivity contribution in [2.75, 3.05) is 0 Å². The summed E-state index contributed by atoms with van der Waals surface area (Å²) in [6.07, 6.45) is -0.615. The fraction of sp³-hybridized carbons (Fsp3) is 0.0833. The van der Waals surface area contributed by atoms with E-state index < -0.39 is 12.1 Å². The molecule has 0 aliphatic carbocycles. The Morgan fingerprint density at radius 2 is 1.94 bits per heavy atom. The lowest BCUT2D eigenvalue weighted by molar-refractivity contribution is -0.274. The van der Waals surface area contributed by atoms with Gasteiger partial charge in [0.1, 0.15) is 5.75 Å². The van der Waals surface area contributed by atoms with Crippen LogP contribution in [0.3, 0.4) is 0 Å². The molecule has 0 saturated heterocycles. The Labute approximate surface area is 106 Å². The number of hydrogen-bond acceptors (Lipinski definition) is 2. The maximum atomic E-state index is 12.0. The molecule has 0 atom stereocenters. The van der Waals surface area contributed by atoms with Crippen LogP contribution in [0.2, 0.25) is 5.02 Å². The van der Waals surface area contributed by atoms with Crippen LogP contribution in [0.15, 0.2) is 36.5 Å². The highest BCUT2D eigenvalue weighted by Gasteiger charge is 2.32. The minimum Gasteiger partial charge on any atom is -0.404 e. The highest BCUT2D eigenvalue weighted by atomic mass is 35.5. The number of nitrogens with zero attached hydrogens (tertiary/aromatic N) is 1. The van der Waals surface area contributed by atoms with Gasteiger partial charge in [0.15, 0.2) is 0 Å². The van der Waals surface area contributed by atoms with Gasteiger partial charge in [-0.05, 0) is 23.8 Å². The topological polar surface area (TPSA) is 22.1 Å². The Bertz CT molecular complexity index is 543. The molecule has 0 aliphatic rings. The molecule has 2 nitrogen and oxygen atoms in total. The molecular weight excluding hydrogens is 267 g/mol. The summed E-state index contributed by atoms with van der Waals surface area (Å²) in [4.78, 5) is 3.79. The molecule has 1 aromatic heterocycles. The van der Waals surface area contributed by atoms with Crippen LogP contribution in [0, 0.1) is 6.20 Å². The Hall–Kier alpha value is -1.75. The van der Waals surface area contributed by atoms with Gasteiger partial charge in [0.25, 0.3) is 0 Å². The van der Waals surface area contributed by atoms with E-state index >= 15 is 0 Å². The smallest absolute Gasteiger partial charge is 0.404 e. The zero-order valence-corrected chi connectivity index (χ0v) is 9.59. The summed E-state index contributed by atoms with van der Waals surface area (Å²) in [5.41, 5.74) is 1.38. The maximum Gasteiger partial charge on any atom is 0.573 e. The second kappa shape index (κ2) is 4.86. The molecule has 1 heterocycles. The summed E-state index contributed by atoms with van der Waals surface area (Å²) in [7, 11) is 0. The molecule has 0 bridgehead atoms. The van der Waals surface area contributed by atoms with Crippen LogP contribution >= 0.6 is 11.6 Å². The Balaban J connectivity index is 2.31. The number of hydrogen-bond donors (Lipinski definition) is 0. The van der Waals surface area contributed by atoms with Gasteiger partial charge in [-0.25, -0.2) is 0 Å². The third-order valence-corrected chi connectivity index (χ3v) is 2.40. The van der Waals surface area contributed by atoms with Crippen molar-refractivity contribution < 1.29 is 17.9 Å². The molecule has 93 valence electrons. The van der Waals surface area contributed by atoms with E-state index in [2.05, 4.69) is 15.9 Å². The molecule has 0 spiro atoms. The predicted molar refractivity (Wildman–Crippen MR) is 60.2 cm³/mol. The second-order valence-electron chi connectivity index (χ2n) is 3.37. The fourth-order valence-electron chi connectivity index (χ4n) is 1.38. The van der Waals surface area contributed by atoms with Crippen LogP contribution < -0.4 is 4.74 Å². The third kappa shape index (κ3) is 3.13. The average Bonchev–Trinajstić information content (AvgIpc) is 2.31. The van der Waals surface area contributed by atoms with Crippen molar-refractivity contribution in [2.45, 2.75) is 6.36 Å². The van der Waals surface area contributed by atoms with Crippen molar-refractivity contribution in [1.29, 1.82) is 0 Å². The van der Waals surface area contributed by atoms with Crippen LogP contribution in [0.5, 0.6) is 5.75 Å². The van der Waals surface area contributed by atoms with Crippen LogP contribution in [-0.4, -0.2) is 11.3 Å². The molecule has 0 N–H and O–H groups in total. The van der Waals surface area contributed by atoms with Gasteiger partial charge in [-0.1, -0.05) is 23.7 Å². The zero-order valence-electron chi connectivity index (χ0n) is 8.83. The predicted octanol–water partition coefficient (Wildman–Crippen LogP) is 4.10. The lowest BCUT2D eigenvalue weighted by Crippen LogP contribution is -2.17. The van der Waals surface area contributed by atoms with Gasteiger partial charge in [-0.2, -0.15) is 0 Å². The number of pyridine rings is 1. The molecule has 0 amide bonds. The van der Waals surface area contributed by atoms with Crippen LogP contribution in [0.25, 0.3) is 11.1 Å². The Kier molecular flexibility index (Phi) is 3.43. The first-order valence-electron chi connectivity index (χ1n) is 4.83. The highest BCUT2D eigenvalue weighted by molar-refractivity contribution is 6.32. The largest absolute Gasteiger partial charge is 0.573 e. The highest BCUT2D eigenvalue weighted by Crippen LogP contribution is 2.33. The first kappa shape index (κ1) is 12.7. The molecule has 2 aromatic rings. The molecular formula is C12H6ClF3NO. The fourth-order valence-corrected chi connectivity index (χ4v) is 1.60. The van der Waals surface area contributed by atoms with E-state index in [-0.39, 0.29) is 5.02 Å². The van der Waals surface area contributed by atoms with Crippen molar-refractivity contribution in [2.24, 2.45) is 0 Å². The van der Waals surface area contributed by atoms with E-state index in [1.165, 1.54) is 24.4 Å². The average molecular weight is 273 g/mol. The van der Waals surface area contributed by atoms with Crippen molar-refractivity contribution in [3.8, 4) is 16.9 Å². The summed E-state index contributed by atoms with van der Waals surface area (Å²) < 4.78 is 39.9. The number of halogens is 4. The van der Waals surface area contributed by atoms with Gasteiger partial charge in [0.2, 0.25) is 0 Å². The molecule has 0 fully saturated rings. The van der Waals surface area contributed by atoms with Gasteiger partial charge < -0.3 is 4.74 Å². The van der Waals surface area contributed by atoms with Gasteiger partial charge >= 0.3 is 6.36 Å². The SMILES string of the molecule is FC(F)(F)Oc1ccc(-c2cc[c]nc2)cc1Cl. The van der Waals surface area contributed by atoms with Crippen LogP contribution in [0.1, 0.15) is 0 Å². The Morgan fingerprint density at radius 1 is 1.17 bits per heavy atom. The third-order valence-electron chi connectivity index (χ3n) is 2.11. The minimum absolute atomic E-state index is 0.113. The summed E-state index contributed by atoms with van der Waals surface area (Å²) in [5, 5.41) is -0.113. The quantitative estimate of drug-likeness (QED) is 0.821. The second-order valence-corrected chi connectivity index (χ2v) is 3.78. The van der Waals surface area contributed by atoms with E-state index in [0.717, 1.165) is 5.56 Å². The van der Waals surface area contributed by atoms with Gasteiger partial charge in [0, 0.05) is 11.8 Å². The Morgan fingerprint density at radius 3 is 2.50 bits per heavy atom. The summed E-state index contributed by atoms with van der Waals surface area (Å²) >= 11 is 5.73. The maximum absolute atomic E-state index is 12.0. The summed E-state index contributed by atoms with van der Waals surface area (Å²) in [6, 6.07) is 7.36. The zero-order chi connectivity index (χ0) is 13.2. The van der Waals surface area contributed by atoms with Gasteiger partial charge in [0.05, 0.1) is 11.2 Å².